The lowest BCUT2D eigenvalue weighted by Crippen LogP contribution is -2.33. The topological polar surface area (TPSA) is 61.5 Å². The first-order valence-electron chi connectivity index (χ1n) is 6.80. The maximum absolute atomic E-state index is 11.2. The summed E-state index contributed by atoms with van der Waals surface area (Å²) in [5.41, 5.74) is 6.71. The number of nitrogens with two attached hydrogens (primary N) is 1. The van der Waals surface area contributed by atoms with Crippen molar-refractivity contribution in [2.24, 2.45) is 5.73 Å². The van der Waals surface area contributed by atoms with Crippen molar-refractivity contribution in [3.8, 4) is 5.75 Å². The molecular formula is C15H23NO3S. The number of benzene rings is 1. The molecule has 1 atom stereocenters. The molecule has 0 saturated carbocycles. The average Bonchev–Trinajstić information content (AvgIpc) is 2.47. The van der Waals surface area contributed by atoms with E-state index in [4.69, 9.17) is 10.5 Å². The molecule has 0 radical (unpaired) electrons. The number of methoxy groups -OCH3 is 1. The van der Waals surface area contributed by atoms with Crippen LogP contribution in [0.3, 0.4) is 0 Å². The van der Waals surface area contributed by atoms with Crippen molar-refractivity contribution >= 4 is 17.7 Å². The molecule has 1 unspecified atom stereocenters. The molecule has 0 aromatic heterocycles. The van der Waals surface area contributed by atoms with Crippen LogP contribution in [0, 0.1) is 0 Å². The fraction of sp³-hybridized carbons (Fsp3) is 0.533. The summed E-state index contributed by atoms with van der Waals surface area (Å²) in [5.74, 6) is 2.73. The van der Waals surface area contributed by atoms with Gasteiger partial charge in [0.1, 0.15) is 11.8 Å². The highest BCUT2D eigenvalue weighted by Gasteiger charge is 2.13. The highest BCUT2D eigenvalue weighted by atomic mass is 32.2. The Balaban J connectivity index is 2.34. The lowest BCUT2D eigenvalue weighted by Gasteiger charge is -2.10. The molecule has 1 aromatic carbocycles. The minimum Gasteiger partial charge on any atom is -0.494 e. The minimum atomic E-state index is -0.613. The molecule has 0 bridgehead atoms. The number of esters is 1. The van der Waals surface area contributed by atoms with Crippen molar-refractivity contribution < 1.29 is 14.3 Å². The normalized spacial score (nSPS) is 11.9. The van der Waals surface area contributed by atoms with Crippen molar-refractivity contribution in [2.45, 2.75) is 25.8 Å². The number of rotatable bonds is 9. The quantitative estimate of drug-likeness (QED) is 0.559. The summed E-state index contributed by atoms with van der Waals surface area (Å²) in [6.07, 6.45) is 1.52. The van der Waals surface area contributed by atoms with E-state index in [1.165, 1.54) is 7.11 Å². The van der Waals surface area contributed by atoms with E-state index < -0.39 is 12.0 Å². The second-order valence-corrected chi connectivity index (χ2v) is 5.77. The van der Waals surface area contributed by atoms with Crippen LogP contribution in [0.2, 0.25) is 0 Å². The van der Waals surface area contributed by atoms with E-state index in [9.17, 15) is 4.79 Å². The second-order valence-electron chi connectivity index (χ2n) is 4.38. The Hall–Kier alpha value is -1.20. The fourth-order valence-electron chi connectivity index (χ4n) is 1.71. The van der Waals surface area contributed by atoms with Gasteiger partial charge in [-0.3, -0.25) is 4.79 Å². The summed E-state index contributed by atoms with van der Waals surface area (Å²) >= 11 is 1.92. The van der Waals surface area contributed by atoms with Gasteiger partial charge in [-0.15, -0.1) is 0 Å². The number of thioether (sulfide) groups is 1. The van der Waals surface area contributed by atoms with Crippen LogP contribution in [0.5, 0.6) is 5.75 Å². The third-order valence-corrected chi connectivity index (χ3v) is 3.77. The Bertz CT molecular complexity index is 395. The summed E-state index contributed by atoms with van der Waals surface area (Å²) in [4.78, 5) is 11.2. The van der Waals surface area contributed by atoms with Gasteiger partial charge in [0.15, 0.2) is 0 Å². The van der Waals surface area contributed by atoms with Crippen LogP contribution in [0.4, 0.5) is 0 Å². The first-order chi connectivity index (χ1) is 9.67. The molecule has 0 heterocycles. The molecule has 20 heavy (non-hydrogen) atoms. The Morgan fingerprint density at radius 3 is 2.65 bits per heavy atom. The van der Waals surface area contributed by atoms with Crippen molar-refractivity contribution in [2.75, 3.05) is 25.2 Å². The maximum atomic E-state index is 11.2. The predicted octanol–water partition coefficient (Wildman–Crippen LogP) is 2.25. The van der Waals surface area contributed by atoms with Gasteiger partial charge in [-0.2, -0.15) is 11.8 Å². The van der Waals surface area contributed by atoms with Crippen LogP contribution in [0.1, 0.15) is 18.9 Å². The monoisotopic (exact) mass is 297 g/mol. The Kier molecular flexibility index (Phi) is 8.14. The zero-order valence-electron chi connectivity index (χ0n) is 12.1. The first-order valence-corrected chi connectivity index (χ1v) is 7.95. The Labute approximate surface area is 125 Å². The van der Waals surface area contributed by atoms with Gasteiger partial charge in [0.25, 0.3) is 0 Å². The number of carbonyl (C=O) groups excluding carboxylic acids is 1. The molecule has 1 aromatic rings. The molecule has 0 aliphatic carbocycles. The second kappa shape index (κ2) is 9.66. The highest BCUT2D eigenvalue weighted by molar-refractivity contribution is 7.99. The number of hydrogen-bond donors (Lipinski definition) is 1. The van der Waals surface area contributed by atoms with Crippen molar-refractivity contribution in [3.05, 3.63) is 29.8 Å². The molecule has 112 valence electrons. The molecule has 4 nitrogen and oxygen atoms in total. The van der Waals surface area contributed by atoms with Crippen molar-refractivity contribution in [1.82, 2.24) is 0 Å². The zero-order valence-corrected chi connectivity index (χ0v) is 12.9. The SMILES string of the molecule is CCSCCCOc1ccc(CC(N)C(=O)OC)cc1. The minimum absolute atomic E-state index is 0.390. The van der Waals surface area contributed by atoms with Crippen LogP contribution in [0.15, 0.2) is 24.3 Å². The van der Waals surface area contributed by atoms with Gasteiger partial charge < -0.3 is 15.2 Å². The third kappa shape index (κ3) is 6.30. The van der Waals surface area contributed by atoms with Gasteiger partial charge in [0.2, 0.25) is 0 Å². The van der Waals surface area contributed by atoms with Crippen molar-refractivity contribution in [1.29, 1.82) is 0 Å². The molecule has 0 amide bonds. The smallest absolute Gasteiger partial charge is 0.322 e. The lowest BCUT2D eigenvalue weighted by molar-refractivity contribution is -0.142. The lowest BCUT2D eigenvalue weighted by atomic mass is 10.1. The van der Waals surface area contributed by atoms with E-state index in [1.807, 2.05) is 36.0 Å². The van der Waals surface area contributed by atoms with Crippen LogP contribution >= 0.6 is 11.8 Å². The Morgan fingerprint density at radius 2 is 2.05 bits per heavy atom. The van der Waals surface area contributed by atoms with Gasteiger partial charge in [0.05, 0.1) is 13.7 Å². The number of ether oxygens (including phenoxy) is 2. The van der Waals surface area contributed by atoms with Gasteiger partial charge in [-0.05, 0) is 42.0 Å². The summed E-state index contributed by atoms with van der Waals surface area (Å²) in [7, 11) is 1.34. The standard InChI is InChI=1S/C15H23NO3S/c1-3-20-10-4-9-19-13-7-5-12(6-8-13)11-14(16)15(17)18-2/h5-8,14H,3-4,9-11,16H2,1-2H3. The van der Waals surface area contributed by atoms with Gasteiger partial charge in [0, 0.05) is 0 Å². The summed E-state index contributed by atoms with van der Waals surface area (Å²) in [6, 6.07) is 7.06. The first kappa shape index (κ1) is 16.9. The molecule has 5 heteroatoms. The van der Waals surface area contributed by atoms with E-state index in [1.54, 1.807) is 0 Å². The van der Waals surface area contributed by atoms with Gasteiger partial charge >= 0.3 is 5.97 Å². The Morgan fingerprint density at radius 1 is 1.35 bits per heavy atom. The molecule has 0 aliphatic rings. The van der Waals surface area contributed by atoms with E-state index >= 15 is 0 Å². The molecule has 0 spiro atoms. The third-order valence-electron chi connectivity index (χ3n) is 2.79. The number of carbonyl (C=O) groups is 1. The zero-order chi connectivity index (χ0) is 14.8. The summed E-state index contributed by atoms with van der Waals surface area (Å²) < 4.78 is 10.2. The number of hydrogen-bond acceptors (Lipinski definition) is 5. The van der Waals surface area contributed by atoms with E-state index in [0.717, 1.165) is 35.8 Å². The van der Waals surface area contributed by atoms with E-state index in [-0.39, 0.29) is 0 Å². The van der Waals surface area contributed by atoms with Gasteiger partial charge in [-0.1, -0.05) is 19.1 Å². The molecule has 1 rings (SSSR count). The van der Waals surface area contributed by atoms with Gasteiger partial charge in [-0.25, -0.2) is 0 Å². The fourth-order valence-corrected chi connectivity index (χ4v) is 2.32. The summed E-state index contributed by atoms with van der Waals surface area (Å²) in [5, 5.41) is 0. The maximum Gasteiger partial charge on any atom is 0.322 e. The predicted molar refractivity (Wildman–Crippen MR) is 83.2 cm³/mol. The molecular weight excluding hydrogens is 274 g/mol. The van der Waals surface area contributed by atoms with Crippen LogP contribution in [-0.4, -0.2) is 37.2 Å². The highest BCUT2D eigenvalue weighted by Crippen LogP contribution is 2.14. The average molecular weight is 297 g/mol. The van der Waals surface area contributed by atoms with Crippen LogP contribution in [-0.2, 0) is 16.0 Å². The largest absolute Gasteiger partial charge is 0.494 e. The van der Waals surface area contributed by atoms with Crippen molar-refractivity contribution in [3.63, 3.8) is 0 Å². The molecule has 2 N–H and O–H groups in total. The molecule has 0 aliphatic heterocycles. The molecule has 0 saturated heterocycles. The molecule has 0 fully saturated rings. The van der Waals surface area contributed by atoms with Crippen LogP contribution < -0.4 is 10.5 Å². The van der Waals surface area contributed by atoms with E-state index in [2.05, 4.69) is 11.7 Å². The van der Waals surface area contributed by atoms with Crippen LogP contribution in [0.25, 0.3) is 0 Å². The summed E-state index contributed by atoms with van der Waals surface area (Å²) in [6.45, 7) is 2.89. The van der Waals surface area contributed by atoms with E-state index in [0.29, 0.717) is 6.42 Å².